The van der Waals surface area contributed by atoms with Crippen molar-refractivity contribution in [1.82, 2.24) is 4.90 Å². The van der Waals surface area contributed by atoms with E-state index >= 15 is 0 Å². The molecule has 0 radical (unpaired) electrons. The summed E-state index contributed by atoms with van der Waals surface area (Å²) in [5.74, 6) is 0.699. The lowest BCUT2D eigenvalue weighted by molar-refractivity contribution is 0.254. The SMILES string of the molecule is OCCC1CCN(C/C=C/c2ccccc2)C1. The molecule has 1 fully saturated rings. The van der Waals surface area contributed by atoms with Crippen LogP contribution in [0.5, 0.6) is 0 Å². The highest BCUT2D eigenvalue weighted by atomic mass is 16.3. The minimum absolute atomic E-state index is 0.332. The number of nitrogens with zero attached hydrogens (tertiary/aromatic N) is 1. The summed E-state index contributed by atoms with van der Waals surface area (Å²) in [6.07, 6.45) is 6.61. The van der Waals surface area contributed by atoms with Crippen LogP contribution in [0.25, 0.3) is 6.08 Å². The minimum atomic E-state index is 0.332. The molecule has 0 aliphatic carbocycles. The summed E-state index contributed by atoms with van der Waals surface area (Å²) in [5.41, 5.74) is 1.26. The van der Waals surface area contributed by atoms with Gasteiger partial charge in [-0.3, -0.25) is 4.90 Å². The molecule has 1 saturated heterocycles. The third-order valence-electron chi connectivity index (χ3n) is 3.38. The van der Waals surface area contributed by atoms with E-state index in [4.69, 9.17) is 5.11 Å². The van der Waals surface area contributed by atoms with Gasteiger partial charge in [0.1, 0.15) is 0 Å². The molecule has 0 spiro atoms. The summed E-state index contributed by atoms with van der Waals surface area (Å²) in [6.45, 7) is 3.67. The summed E-state index contributed by atoms with van der Waals surface area (Å²) in [4.78, 5) is 2.46. The number of benzene rings is 1. The van der Waals surface area contributed by atoms with Gasteiger partial charge in [0.25, 0.3) is 0 Å². The van der Waals surface area contributed by atoms with E-state index in [1.54, 1.807) is 0 Å². The maximum atomic E-state index is 8.91. The highest BCUT2D eigenvalue weighted by Crippen LogP contribution is 2.18. The Hall–Kier alpha value is -1.12. The van der Waals surface area contributed by atoms with Crippen molar-refractivity contribution >= 4 is 6.08 Å². The predicted molar refractivity (Wildman–Crippen MR) is 71.7 cm³/mol. The van der Waals surface area contributed by atoms with Crippen molar-refractivity contribution in [3.8, 4) is 0 Å². The van der Waals surface area contributed by atoms with E-state index in [0.29, 0.717) is 12.5 Å². The van der Waals surface area contributed by atoms with Gasteiger partial charge >= 0.3 is 0 Å². The lowest BCUT2D eigenvalue weighted by atomic mass is 10.1. The first kappa shape index (κ1) is 12.3. The van der Waals surface area contributed by atoms with Crippen LogP contribution in [0.1, 0.15) is 18.4 Å². The molecule has 2 heteroatoms. The standard InChI is InChI=1S/C15H21NO/c17-12-9-15-8-11-16(13-15)10-4-7-14-5-2-1-3-6-14/h1-7,15,17H,8-13H2/b7-4+. The first-order valence-electron chi connectivity index (χ1n) is 6.43. The number of hydrogen-bond donors (Lipinski definition) is 1. The van der Waals surface area contributed by atoms with Crippen molar-refractivity contribution in [3.05, 3.63) is 42.0 Å². The number of aliphatic hydroxyl groups excluding tert-OH is 1. The summed E-state index contributed by atoms with van der Waals surface area (Å²) < 4.78 is 0. The smallest absolute Gasteiger partial charge is 0.0434 e. The molecule has 1 aliphatic heterocycles. The molecule has 0 saturated carbocycles. The van der Waals surface area contributed by atoms with E-state index in [-0.39, 0.29) is 0 Å². The topological polar surface area (TPSA) is 23.5 Å². The maximum Gasteiger partial charge on any atom is 0.0434 e. The zero-order chi connectivity index (χ0) is 11.9. The molecule has 0 amide bonds. The molecule has 0 aromatic heterocycles. The van der Waals surface area contributed by atoms with Gasteiger partial charge in [0, 0.05) is 19.7 Å². The van der Waals surface area contributed by atoms with Crippen molar-refractivity contribution in [2.24, 2.45) is 5.92 Å². The van der Waals surface area contributed by atoms with Crippen LogP contribution in [0, 0.1) is 5.92 Å². The first-order chi connectivity index (χ1) is 8.38. The Morgan fingerprint density at radius 2 is 2.12 bits per heavy atom. The Morgan fingerprint density at radius 3 is 2.88 bits per heavy atom. The lowest BCUT2D eigenvalue weighted by Gasteiger charge is -2.12. The molecule has 92 valence electrons. The maximum absolute atomic E-state index is 8.91. The summed E-state index contributed by atoms with van der Waals surface area (Å²) in [5, 5.41) is 8.91. The highest BCUT2D eigenvalue weighted by Gasteiger charge is 2.20. The van der Waals surface area contributed by atoms with Crippen LogP contribution >= 0.6 is 0 Å². The second-order valence-corrected chi connectivity index (χ2v) is 4.74. The normalized spacial score (nSPS) is 21.4. The third kappa shape index (κ3) is 3.99. The van der Waals surface area contributed by atoms with Gasteiger partial charge in [0.05, 0.1) is 0 Å². The van der Waals surface area contributed by atoms with Gasteiger partial charge in [-0.25, -0.2) is 0 Å². The van der Waals surface area contributed by atoms with Gasteiger partial charge in [-0.1, -0.05) is 42.5 Å². The Balaban J connectivity index is 1.74. The van der Waals surface area contributed by atoms with E-state index in [1.807, 2.05) is 6.07 Å². The van der Waals surface area contributed by atoms with Gasteiger partial charge in [0.2, 0.25) is 0 Å². The molecule has 2 rings (SSSR count). The average molecular weight is 231 g/mol. The molecule has 2 nitrogen and oxygen atoms in total. The third-order valence-corrected chi connectivity index (χ3v) is 3.38. The number of hydrogen-bond acceptors (Lipinski definition) is 2. The molecular weight excluding hydrogens is 210 g/mol. The van der Waals surface area contributed by atoms with Crippen LogP contribution in [-0.2, 0) is 0 Å². The number of rotatable bonds is 5. The molecule has 1 atom stereocenters. The second-order valence-electron chi connectivity index (χ2n) is 4.74. The van der Waals surface area contributed by atoms with Crippen LogP contribution < -0.4 is 0 Å². The fourth-order valence-electron chi connectivity index (χ4n) is 2.40. The Labute approximate surface area is 104 Å². The zero-order valence-electron chi connectivity index (χ0n) is 10.3. The Kier molecular flexibility index (Phi) is 4.77. The largest absolute Gasteiger partial charge is 0.396 e. The van der Waals surface area contributed by atoms with Crippen LogP contribution in [0.4, 0.5) is 0 Å². The molecule has 1 N–H and O–H groups in total. The van der Waals surface area contributed by atoms with Crippen molar-refractivity contribution in [1.29, 1.82) is 0 Å². The van der Waals surface area contributed by atoms with Crippen LogP contribution in [0.15, 0.2) is 36.4 Å². The molecule has 0 bridgehead atoms. The summed E-state index contributed by atoms with van der Waals surface area (Å²) in [7, 11) is 0. The fourth-order valence-corrected chi connectivity index (χ4v) is 2.40. The molecular formula is C15H21NO. The van der Waals surface area contributed by atoms with Gasteiger partial charge in [-0.05, 0) is 30.9 Å². The number of aliphatic hydroxyl groups is 1. The van der Waals surface area contributed by atoms with E-state index < -0.39 is 0 Å². The Morgan fingerprint density at radius 1 is 1.29 bits per heavy atom. The van der Waals surface area contributed by atoms with E-state index in [1.165, 1.54) is 18.5 Å². The van der Waals surface area contributed by atoms with Crippen LogP contribution in [0.2, 0.25) is 0 Å². The Bertz CT molecular complexity index is 347. The average Bonchev–Trinajstić information content (AvgIpc) is 2.79. The first-order valence-corrected chi connectivity index (χ1v) is 6.43. The number of likely N-dealkylation sites (tertiary alicyclic amines) is 1. The van der Waals surface area contributed by atoms with Crippen molar-refractivity contribution in [3.63, 3.8) is 0 Å². The minimum Gasteiger partial charge on any atom is -0.396 e. The van der Waals surface area contributed by atoms with Crippen molar-refractivity contribution in [2.75, 3.05) is 26.2 Å². The molecule has 17 heavy (non-hydrogen) atoms. The van der Waals surface area contributed by atoms with Crippen LogP contribution in [-0.4, -0.2) is 36.2 Å². The summed E-state index contributed by atoms with van der Waals surface area (Å²) in [6, 6.07) is 10.4. The van der Waals surface area contributed by atoms with Gasteiger partial charge in [-0.15, -0.1) is 0 Å². The van der Waals surface area contributed by atoms with Gasteiger partial charge in [0.15, 0.2) is 0 Å². The molecule has 1 heterocycles. The van der Waals surface area contributed by atoms with Gasteiger partial charge in [-0.2, -0.15) is 0 Å². The van der Waals surface area contributed by atoms with Crippen molar-refractivity contribution < 1.29 is 5.11 Å². The van der Waals surface area contributed by atoms with Crippen molar-refractivity contribution in [2.45, 2.75) is 12.8 Å². The molecule has 1 aliphatic rings. The quantitative estimate of drug-likeness (QED) is 0.841. The fraction of sp³-hybridized carbons (Fsp3) is 0.467. The van der Waals surface area contributed by atoms with E-state index in [0.717, 1.165) is 19.5 Å². The van der Waals surface area contributed by atoms with E-state index in [9.17, 15) is 0 Å². The lowest BCUT2D eigenvalue weighted by Crippen LogP contribution is -2.20. The summed E-state index contributed by atoms with van der Waals surface area (Å²) >= 11 is 0. The molecule has 1 unspecified atom stereocenters. The van der Waals surface area contributed by atoms with E-state index in [2.05, 4.69) is 41.3 Å². The molecule has 1 aromatic rings. The van der Waals surface area contributed by atoms with Gasteiger partial charge < -0.3 is 5.11 Å². The predicted octanol–water partition coefficient (Wildman–Crippen LogP) is 2.40. The molecule has 1 aromatic carbocycles. The second kappa shape index (κ2) is 6.58. The highest BCUT2D eigenvalue weighted by molar-refractivity contribution is 5.48. The monoisotopic (exact) mass is 231 g/mol. The zero-order valence-corrected chi connectivity index (χ0v) is 10.3. The van der Waals surface area contributed by atoms with Crippen LogP contribution in [0.3, 0.4) is 0 Å².